The molecule has 1 aromatic carbocycles. The highest BCUT2D eigenvalue weighted by Crippen LogP contribution is 2.20. The van der Waals surface area contributed by atoms with Crippen molar-refractivity contribution < 1.29 is 14.7 Å². The van der Waals surface area contributed by atoms with Crippen molar-refractivity contribution in [2.75, 3.05) is 11.5 Å². The second-order valence-electron chi connectivity index (χ2n) is 3.47. The molecule has 1 amide bonds. The first-order valence-corrected chi connectivity index (χ1v) is 5.96. The Labute approximate surface area is 103 Å². The number of carbonyl (C=O) groups is 2. The van der Waals surface area contributed by atoms with Gasteiger partial charge in [0.1, 0.15) is 6.04 Å². The molecule has 6 heteroatoms. The van der Waals surface area contributed by atoms with Gasteiger partial charge in [-0.3, -0.25) is 4.79 Å². The van der Waals surface area contributed by atoms with Crippen LogP contribution >= 0.6 is 11.8 Å². The van der Waals surface area contributed by atoms with Crippen molar-refractivity contribution in [3.63, 3.8) is 0 Å². The van der Waals surface area contributed by atoms with Gasteiger partial charge in [0.25, 0.3) is 0 Å². The number of nitrogens with one attached hydrogen (secondary N) is 1. The molecule has 0 saturated carbocycles. The van der Waals surface area contributed by atoms with Crippen LogP contribution in [0.3, 0.4) is 0 Å². The van der Waals surface area contributed by atoms with Crippen LogP contribution in [0.4, 0.5) is 5.69 Å². The lowest BCUT2D eigenvalue weighted by Gasteiger charge is -2.12. The molecule has 0 spiro atoms. The molecule has 1 atom stereocenters. The van der Waals surface area contributed by atoms with Gasteiger partial charge in [-0.1, -0.05) is 6.07 Å². The lowest BCUT2D eigenvalue weighted by molar-refractivity contribution is -0.140. The number of amides is 1. The predicted molar refractivity (Wildman–Crippen MR) is 66.8 cm³/mol. The second kappa shape index (κ2) is 6.15. The minimum atomic E-state index is -1.04. The normalized spacial score (nSPS) is 11.8. The van der Waals surface area contributed by atoms with Crippen LogP contribution in [0.15, 0.2) is 29.2 Å². The van der Waals surface area contributed by atoms with E-state index in [0.29, 0.717) is 5.69 Å². The van der Waals surface area contributed by atoms with E-state index in [4.69, 9.17) is 10.8 Å². The van der Waals surface area contributed by atoms with Gasteiger partial charge in [0, 0.05) is 23.3 Å². The van der Waals surface area contributed by atoms with E-state index in [2.05, 4.69) is 5.32 Å². The van der Waals surface area contributed by atoms with Crippen molar-refractivity contribution in [1.29, 1.82) is 0 Å². The number of carboxylic acids is 1. The van der Waals surface area contributed by atoms with E-state index >= 15 is 0 Å². The molecule has 0 saturated heterocycles. The Morgan fingerprint density at radius 3 is 2.76 bits per heavy atom. The van der Waals surface area contributed by atoms with Crippen LogP contribution in [-0.2, 0) is 9.59 Å². The SMILES string of the molecule is CC(=O)NC(CSc1cccc(N)c1)C(=O)O. The molecule has 0 aliphatic carbocycles. The molecule has 0 heterocycles. The molecule has 0 aliphatic rings. The average molecular weight is 254 g/mol. The van der Waals surface area contributed by atoms with E-state index in [1.807, 2.05) is 6.07 Å². The summed E-state index contributed by atoms with van der Waals surface area (Å²) >= 11 is 1.34. The van der Waals surface area contributed by atoms with Crippen LogP contribution in [0.1, 0.15) is 6.92 Å². The third-order valence-corrected chi connectivity index (χ3v) is 3.04. The van der Waals surface area contributed by atoms with Crippen LogP contribution < -0.4 is 11.1 Å². The fourth-order valence-corrected chi connectivity index (χ4v) is 2.18. The summed E-state index contributed by atoms with van der Waals surface area (Å²) in [6.07, 6.45) is 0. The quantitative estimate of drug-likeness (QED) is 0.537. The maximum absolute atomic E-state index is 10.9. The molecule has 92 valence electrons. The molecule has 1 rings (SSSR count). The smallest absolute Gasteiger partial charge is 0.327 e. The average Bonchev–Trinajstić information content (AvgIpc) is 2.23. The first-order valence-electron chi connectivity index (χ1n) is 4.97. The molecular formula is C11H14N2O3S. The first kappa shape index (κ1) is 13.4. The summed E-state index contributed by atoms with van der Waals surface area (Å²) in [5.74, 6) is -1.14. The number of hydrogen-bond donors (Lipinski definition) is 3. The Morgan fingerprint density at radius 2 is 2.24 bits per heavy atom. The van der Waals surface area contributed by atoms with E-state index < -0.39 is 12.0 Å². The van der Waals surface area contributed by atoms with Crippen LogP contribution in [0.25, 0.3) is 0 Å². The molecule has 0 aromatic heterocycles. The van der Waals surface area contributed by atoms with Crippen molar-refractivity contribution in [1.82, 2.24) is 5.32 Å². The van der Waals surface area contributed by atoms with Gasteiger partial charge in [-0.05, 0) is 18.2 Å². The Bertz CT molecular complexity index is 423. The molecule has 4 N–H and O–H groups in total. The van der Waals surface area contributed by atoms with Crippen LogP contribution in [0.5, 0.6) is 0 Å². The summed E-state index contributed by atoms with van der Waals surface area (Å²) in [6, 6.07) is 6.27. The van der Waals surface area contributed by atoms with Gasteiger partial charge >= 0.3 is 5.97 Å². The molecule has 17 heavy (non-hydrogen) atoms. The van der Waals surface area contributed by atoms with Gasteiger partial charge in [-0.2, -0.15) is 0 Å². The number of nitrogen functional groups attached to an aromatic ring is 1. The number of aliphatic carboxylic acids is 1. The Balaban J connectivity index is 2.57. The highest BCUT2D eigenvalue weighted by molar-refractivity contribution is 7.99. The minimum absolute atomic E-state index is 0.262. The third kappa shape index (κ3) is 4.78. The molecule has 0 aliphatic heterocycles. The van der Waals surface area contributed by atoms with Gasteiger partial charge in [0.15, 0.2) is 0 Å². The number of nitrogens with two attached hydrogens (primary N) is 1. The Morgan fingerprint density at radius 1 is 1.53 bits per heavy atom. The summed E-state index contributed by atoms with van der Waals surface area (Å²) in [5, 5.41) is 11.3. The Kier molecular flexibility index (Phi) is 4.84. The van der Waals surface area contributed by atoms with Gasteiger partial charge in [-0.15, -0.1) is 11.8 Å². The topological polar surface area (TPSA) is 92.4 Å². The van der Waals surface area contributed by atoms with E-state index in [-0.39, 0.29) is 11.7 Å². The largest absolute Gasteiger partial charge is 0.480 e. The van der Waals surface area contributed by atoms with Gasteiger partial charge in [0.05, 0.1) is 0 Å². The third-order valence-electron chi connectivity index (χ3n) is 1.95. The lowest BCUT2D eigenvalue weighted by Crippen LogP contribution is -2.41. The summed E-state index contributed by atoms with van der Waals surface area (Å²) in [4.78, 5) is 22.6. The van der Waals surface area contributed by atoms with Crippen molar-refractivity contribution in [2.45, 2.75) is 17.9 Å². The monoisotopic (exact) mass is 254 g/mol. The molecule has 1 aromatic rings. The Hall–Kier alpha value is -1.69. The van der Waals surface area contributed by atoms with E-state index in [1.54, 1.807) is 18.2 Å². The van der Waals surface area contributed by atoms with Gasteiger partial charge in [-0.25, -0.2) is 4.79 Å². The fourth-order valence-electron chi connectivity index (χ4n) is 1.20. The number of carbonyl (C=O) groups excluding carboxylic acids is 1. The van der Waals surface area contributed by atoms with Crippen molar-refractivity contribution >= 4 is 29.3 Å². The molecule has 1 unspecified atom stereocenters. The molecule has 0 bridgehead atoms. The fraction of sp³-hybridized carbons (Fsp3) is 0.273. The zero-order valence-corrected chi connectivity index (χ0v) is 10.2. The van der Waals surface area contributed by atoms with Gasteiger partial charge < -0.3 is 16.2 Å². The lowest BCUT2D eigenvalue weighted by atomic mass is 10.3. The minimum Gasteiger partial charge on any atom is -0.480 e. The highest BCUT2D eigenvalue weighted by Gasteiger charge is 2.18. The zero-order chi connectivity index (χ0) is 12.8. The van der Waals surface area contributed by atoms with Crippen LogP contribution in [-0.4, -0.2) is 28.8 Å². The summed E-state index contributed by atoms with van der Waals surface area (Å²) in [6.45, 7) is 1.29. The standard InChI is InChI=1S/C11H14N2O3S/c1-7(14)13-10(11(15)16)6-17-9-4-2-3-8(12)5-9/h2-5,10H,6,12H2,1H3,(H,13,14)(H,15,16). The summed E-state index contributed by atoms with van der Waals surface area (Å²) in [5.41, 5.74) is 6.23. The predicted octanol–water partition coefficient (Wildman–Crippen LogP) is 0.950. The molecular weight excluding hydrogens is 240 g/mol. The van der Waals surface area contributed by atoms with E-state index in [9.17, 15) is 9.59 Å². The van der Waals surface area contributed by atoms with Crippen molar-refractivity contribution in [3.05, 3.63) is 24.3 Å². The zero-order valence-electron chi connectivity index (χ0n) is 9.34. The number of carboxylic acid groups (broad SMARTS) is 1. The molecule has 0 fully saturated rings. The maximum Gasteiger partial charge on any atom is 0.327 e. The van der Waals surface area contributed by atoms with Gasteiger partial charge in [0.2, 0.25) is 5.91 Å². The number of hydrogen-bond acceptors (Lipinski definition) is 4. The number of benzene rings is 1. The number of thioether (sulfide) groups is 1. The molecule has 0 radical (unpaired) electrons. The number of rotatable bonds is 5. The van der Waals surface area contributed by atoms with Crippen molar-refractivity contribution in [3.8, 4) is 0 Å². The number of anilines is 1. The van der Waals surface area contributed by atoms with E-state index in [1.165, 1.54) is 18.7 Å². The second-order valence-corrected chi connectivity index (χ2v) is 4.57. The van der Waals surface area contributed by atoms with Crippen LogP contribution in [0.2, 0.25) is 0 Å². The maximum atomic E-state index is 10.9. The highest BCUT2D eigenvalue weighted by atomic mass is 32.2. The first-order chi connectivity index (χ1) is 7.99. The summed E-state index contributed by atoms with van der Waals surface area (Å²) < 4.78 is 0. The van der Waals surface area contributed by atoms with Crippen molar-refractivity contribution in [2.24, 2.45) is 0 Å². The van der Waals surface area contributed by atoms with E-state index in [0.717, 1.165) is 4.90 Å². The molecule has 5 nitrogen and oxygen atoms in total. The summed E-state index contributed by atoms with van der Waals surface area (Å²) in [7, 11) is 0. The van der Waals surface area contributed by atoms with Crippen LogP contribution in [0, 0.1) is 0 Å².